The highest BCUT2D eigenvalue weighted by Crippen LogP contribution is 2.43. The van der Waals surface area contributed by atoms with E-state index >= 15 is 0 Å². The Morgan fingerprint density at radius 1 is 0.962 bits per heavy atom. The smallest absolute Gasteiger partial charge is 0.0958 e. The van der Waals surface area contributed by atoms with Crippen molar-refractivity contribution in [3.63, 3.8) is 0 Å². The maximum atomic E-state index is 10.4. The SMILES string of the molecule is CCc1ccc(CCc2cccc([C@@H]3S[C@H](CO)C[C@H](O)[C@H]3O)c2)cc1. The van der Waals surface area contributed by atoms with E-state index in [0.29, 0.717) is 6.42 Å². The molecule has 0 unspecified atom stereocenters. The van der Waals surface area contributed by atoms with Crippen molar-refractivity contribution in [3.05, 3.63) is 70.8 Å². The van der Waals surface area contributed by atoms with Crippen molar-refractivity contribution in [3.8, 4) is 0 Å². The van der Waals surface area contributed by atoms with E-state index in [0.717, 1.165) is 24.8 Å². The molecule has 1 fully saturated rings. The maximum Gasteiger partial charge on any atom is 0.0958 e. The summed E-state index contributed by atoms with van der Waals surface area (Å²) < 4.78 is 0. The topological polar surface area (TPSA) is 60.7 Å². The van der Waals surface area contributed by atoms with Crippen LogP contribution in [0.3, 0.4) is 0 Å². The van der Waals surface area contributed by atoms with Gasteiger partial charge in [0.2, 0.25) is 0 Å². The van der Waals surface area contributed by atoms with Gasteiger partial charge in [0.25, 0.3) is 0 Å². The number of rotatable bonds is 6. The second-order valence-corrected chi connectivity index (χ2v) is 8.52. The molecule has 0 radical (unpaired) electrons. The van der Waals surface area contributed by atoms with Crippen LogP contribution in [0.1, 0.15) is 40.8 Å². The van der Waals surface area contributed by atoms with Gasteiger partial charge < -0.3 is 15.3 Å². The van der Waals surface area contributed by atoms with Crippen molar-refractivity contribution in [2.45, 2.75) is 55.3 Å². The molecule has 0 bridgehead atoms. The van der Waals surface area contributed by atoms with Crippen LogP contribution in [0.25, 0.3) is 0 Å². The van der Waals surface area contributed by atoms with Crippen LogP contribution in [0.15, 0.2) is 48.5 Å². The highest BCUT2D eigenvalue weighted by Gasteiger charge is 2.37. The molecule has 140 valence electrons. The monoisotopic (exact) mass is 372 g/mol. The van der Waals surface area contributed by atoms with Gasteiger partial charge >= 0.3 is 0 Å². The molecule has 0 saturated carbocycles. The highest BCUT2D eigenvalue weighted by molar-refractivity contribution is 8.00. The van der Waals surface area contributed by atoms with E-state index in [1.54, 1.807) is 11.8 Å². The number of hydrogen-bond acceptors (Lipinski definition) is 4. The molecule has 4 heteroatoms. The van der Waals surface area contributed by atoms with E-state index in [4.69, 9.17) is 0 Å². The van der Waals surface area contributed by atoms with E-state index < -0.39 is 12.2 Å². The molecule has 1 aliphatic rings. The van der Waals surface area contributed by atoms with E-state index in [2.05, 4.69) is 43.3 Å². The summed E-state index contributed by atoms with van der Waals surface area (Å²) in [6.07, 6.45) is 1.85. The van der Waals surface area contributed by atoms with Gasteiger partial charge in [0.1, 0.15) is 0 Å². The first-order chi connectivity index (χ1) is 12.6. The Bertz CT molecular complexity index is 701. The molecule has 3 N–H and O–H groups in total. The van der Waals surface area contributed by atoms with Crippen molar-refractivity contribution >= 4 is 11.8 Å². The number of aliphatic hydroxyl groups is 3. The lowest BCUT2D eigenvalue weighted by Crippen LogP contribution is -2.39. The summed E-state index contributed by atoms with van der Waals surface area (Å²) >= 11 is 1.56. The number of benzene rings is 2. The first kappa shape index (κ1) is 19.4. The largest absolute Gasteiger partial charge is 0.395 e. The molecule has 0 spiro atoms. The molecule has 3 nitrogen and oxygen atoms in total. The Balaban J connectivity index is 1.68. The predicted molar refractivity (Wildman–Crippen MR) is 108 cm³/mol. The molecule has 2 aromatic rings. The minimum atomic E-state index is -0.792. The number of hydrogen-bond donors (Lipinski definition) is 3. The highest BCUT2D eigenvalue weighted by atomic mass is 32.2. The molecule has 1 aliphatic heterocycles. The van der Waals surface area contributed by atoms with Gasteiger partial charge in [-0.2, -0.15) is 0 Å². The van der Waals surface area contributed by atoms with Gasteiger partial charge in [-0.15, -0.1) is 11.8 Å². The molecule has 26 heavy (non-hydrogen) atoms. The zero-order valence-corrected chi connectivity index (χ0v) is 16.0. The quantitative estimate of drug-likeness (QED) is 0.728. The fourth-order valence-corrected chi connectivity index (χ4v) is 4.96. The minimum absolute atomic E-state index is 0.0262. The molecule has 3 rings (SSSR count). The van der Waals surface area contributed by atoms with Crippen LogP contribution in [0.4, 0.5) is 0 Å². The van der Waals surface area contributed by atoms with Crippen LogP contribution in [-0.2, 0) is 19.3 Å². The second-order valence-electron chi connectivity index (χ2n) is 7.07. The van der Waals surface area contributed by atoms with Crippen LogP contribution in [0.5, 0.6) is 0 Å². The third-order valence-corrected chi connectivity index (χ3v) is 6.74. The van der Waals surface area contributed by atoms with Crippen LogP contribution in [-0.4, -0.2) is 39.4 Å². The normalized spacial score (nSPS) is 26.0. The molecule has 0 aliphatic carbocycles. The molecular formula is C22H28O3S. The molecular weight excluding hydrogens is 344 g/mol. The third kappa shape index (κ3) is 4.68. The van der Waals surface area contributed by atoms with E-state index in [1.165, 1.54) is 16.7 Å². The summed E-state index contributed by atoms with van der Waals surface area (Å²) in [5.74, 6) is 0. The van der Waals surface area contributed by atoms with Gasteiger partial charge in [-0.25, -0.2) is 0 Å². The maximum absolute atomic E-state index is 10.4. The van der Waals surface area contributed by atoms with Gasteiger partial charge in [0.05, 0.1) is 24.1 Å². The van der Waals surface area contributed by atoms with Crippen LogP contribution in [0, 0.1) is 0 Å². The lowest BCUT2D eigenvalue weighted by atomic mass is 9.96. The zero-order valence-electron chi connectivity index (χ0n) is 15.2. The summed E-state index contributed by atoms with van der Waals surface area (Å²) in [7, 11) is 0. The van der Waals surface area contributed by atoms with E-state index in [-0.39, 0.29) is 17.1 Å². The Labute approximate surface area is 160 Å². The summed E-state index contributed by atoms with van der Waals surface area (Å²) in [4.78, 5) is 0. The van der Waals surface area contributed by atoms with Crippen LogP contribution >= 0.6 is 11.8 Å². The summed E-state index contributed by atoms with van der Waals surface area (Å²) in [6, 6.07) is 17.1. The average molecular weight is 373 g/mol. The van der Waals surface area contributed by atoms with Crippen LogP contribution in [0.2, 0.25) is 0 Å². The lowest BCUT2D eigenvalue weighted by Gasteiger charge is -2.36. The third-order valence-electron chi connectivity index (χ3n) is 5.16. The molecule has 1 saturated heterocycles. The van der Waals surface area contributed by atoms with Crippen LogP contribution < -0.4 is 0 Å². The summed E-state index contributed by atoms with van der Waals surface area (Å²) in [5, 5.41) is 29.7. The fraction of sp³-hybridized carbons (Fsp3) is 0.455. The Morgan fingerprint density at radius 3 is 2.35 bits per heavy atom. The van der Waals surface area contributed by atoms with E-state index in [1.807, 2.05) is 12.1 Å². The summed E-state index contributed by atoms with van der Waals surface area (Å²) in [6.45, 7) is 2.19. The first-order valence-corrected chi connectivity index (χ1v) is 10.3. The Morgan fingerprint density at radius 2 is 1.65 bits per heavy atom. The number of aryl methyl sites for hydroxylation is 3. The molecule has 1 heterocycles. The minimum Gasteiger partial charge on any atom is -0.395 e. The molecule has 0 amide bonds. The molecule has 4 atom stereocenters. The van der Waals surface area contributed by atoms with Gasteiger partial charge in [-0.1, -0.05) is 55.5 Å². The fourth-order valence-electron chi connectivity index (χ4n) is 3.50. The first-order valence-electron chi connectivity index (χ1n) is 9.39. The van der Waals surface area contributed by atoms with Gasteiger partial charge in [0.15, 0.2) is 0 Å². The van der Waals surface area contributed by atoms with Crippen molar-refractivity contribution < 1.29 is 15.3 Å². The standard InChI is InChI=1S/C22H28O3S/c1-2-15-6-8-16(9-7-15)10-11-17-4-3-5-18(12-17)22-21(25)20(24)13-19(14-23)26-22/h3-9,12,19-25H,2,10-11,13-14H2,1H3/t19-,20-,21+,22-/m0/s1. The van der Waals surface area contributed by atoms with Crippen molar-refractivity contribution in [2.24, 2.45) is 0 Å². The van der Waals surface area contributed by atoms with Crippen molar-refractivity contribution in [2.75, 3.05) is 6.61 Å². The average Bonchev–Trinajstić information content (AvgIpc) is 2.69. The van der Waals surface area contributed by atoms with Crippen molar-refractivity contribution in [1.29, 1.82) is 0 Å². The number of aliphatic hydroxyl groups excluding tert-OH is 3. The predicted octanol–water partition coefficient (Wildman–Crippen LogP) is 3.29. The molecule has 2 aromatic carbocycles. The number of thioether (sulfide) groups is 1. The Hall–Kier alpha value is -1.33. The summed E-state index contributed by atoms with van der Waals surface area (Å²) in [5.41, 5.74) is 4.94. The van der Waals surface area contributed by atoms with Gasteiger partial charge in [-0.05, 0) is 47.9 Å². The molecule has 0 aromatic heterocycles. The van der Waals surface area contributed by atoms with Crippen molar-refractivity contribution in [1.82, 2.24) is 0 Å². The second kappa shape index (κ2) is 9.05. The lowest BCUT2D eigenvalue weighted by molar-refractivity contribution is 0.00525. The zero-order chi connectivity index (χ0) is 18.5. The van der Waals surface area contributed by atoms with E-state index in [9.17, 15) is 15.3 Å². The Kier molecular flexibility index (Phi) is 6.76. The van der Waals surface area contributed by atoms with Gasteiger partial charge in [0, 0.05) is 5.25 Å². The van der Waals surface area contributed by atoms with Gasteiger partial charge in [-0.3, -0.25) is 0 Å².